The number of amides is 1. The summed E-state index contributed by atoms with van der Waals surface area (Å²) in [7, 11) is 0. The van der Waals surface area contributed by atoms with Crippen molar-refractivity contribution in [2.24, 2.45) is 0 Å². The quantitative estimate of drug-likeness (QED) is 0.566. The molecule has 1 amide bonds. The van der Waals surface area contributed by atoms with E-state index in [1.54, 1.807) is 27.7 Å². The summed E-state index contributed by atoms with van der Waals surface area (Å²) >= 11 is 5.67. The van der Waals surface area contributed by atoms with Crippen molar-refractivity contribution in [3.63, 3.8) is 0 Å². The second-order valence-corrected chi connectivity index (χ2v) is 6.95. The van der Waals surface area contributed by atoms with Gasteiger partial charge in [0.15, 0.2) is 5.78 Å². The zero-order valence-electron chi connectivity index (χ0n) is 15.2. The summed E-state index contributed by atoms with van der Waals surface area (Å²) in [5, 5.41) is 2.25. The fourth-order valence-electron chi connectivity index (χ4n) is 2.03. The number of rotatable bonds is 7. The minimum atomic E-state index is -1.04. The molecule has 1 atom stereocenters. The number of ether oxygens (including phenoxy) is 2. The third kappa shape index (κ3) is 7.39. The van der Waals surface area contributed by atoms with Crippen LogP contribution >= 0.6 is 11.6 Å². The fourth-order valence-corrected chi connectivity index (χ4v) is 2.21. The molecule has 0 radical (unpaired) electrons. The summed E-state index contributed by atoms with van der Waals surface area (Å²) in [6.45, 7) is 6.83. The van der Waals surface area contributed by atoms with Gasteiger partial charge in [-0.1, -0.05) is 11.6 Å². The van der Waals surface area contributed by atoms with E-state index in [1.807, 2.05) is 0 Å². The van der Waals surface area contributed by atoms with Crippen molar-refractivity contribution in [1.82, 2.24) is 5.32 Å². The van der Waals surface area contributed by atoms with Gasteiger partial charge in [0.2, 0.25) is 0 Å². The predicted octanol–water partition coefficient (Wildman–Crippen LogP) is 3.90. The summed E-state index contributed by atoms with van der Waals surface area (Å²) < 4.78 is 23.2. The van der Waals surface area contributed by atoms with Crippen LogP contribution in [0.5, 0.6) is 0 Å². The average Bonchev–Trinajstić information content (AvgIpc) is 2.52. The monoisotopic (exact) mass is 387 g/mol. The van der Waals surface area contributed by atoms with Gasteiger partial charge in [-0.15, -0.1) is 0 Å². The van der Waals surface area contributed by atoms with Crippen molar-refractivity contribution in [3.05, 3.63) is 34.6 Å². The lowest BCUT2D eigenvalue weighted by atomic mass is 10.0. The molecule has 1 unspecified atom stereocenters. The maximum atomic E-state index is 13.2. The third-order valence-electron chi connectivity index (χ3n) is 3.16. The van der Waals surface area contributed by atoms with Gasteiger partial charge in [0.1, 0.15) is 17.5 Å². The number of hydrogen-bond acceptors (Lipinski definition) is 5. The van der Waals surface area contributed by atoms with Gasteiger partial charge in [0.05, 0.1) is 11.6 Å². The number of halogens is 2. The maximum absolute atomic E-state index is 13.2. The average molecular weight is 388 g/mol. The Kier molecular flexibility index (Phi) is 8.02. The van der Waals surface area contributed by atoms with Gasteiger partial charge >= 0.3 is 12.1 Å². The van der Waals surface area contributed by atoms with Crippen LogP contribution in [0.1, 0.15) is 50.9 Å². The number of esters is 1. The molecular weight excluding hydrogens is 365 g/mol. The summed E-state index contributed by atoms with van der Waals surface area (Å²) in [5.74, 6) is -1.63. The van der Waals surface area contributed by atoms with Crippen LogP contribution in [0, 0.1) is 5.82 Å². The van der Waals surface area contributed by atoms with Gasteiger partial charge in [-0.3, -0.25) is 4.79 Å². The Morgan fingerprint density at radius 2 is 1.92 bits per heavy atom. The smallest absolute Gasteiger partial charge is 0.408 e. The standard InChI is InChI=1S/C18H23ClFNO5/c1-5-25-16(23)14(21-17(24)26-18(2,3)4)8-9-15(22)11-6-7-13(20)12(19)10-11/h6-7,10,14H,5,8-9H2,1-4H3,(H,21,24). The molecule has 1 aromatic carbocycles. The Morgan fingerprint density at radius 1 is 1.27 bits per heavy atom. The molecule has 144 valence electrons. The molecular formula is C18H23ClFNO5. The number of hydrogen-bond donors (Lipinski definition) is 1. The van der Waals surface area contributed by atoms with Crippen LogP contribution in [0.15, 0.2) is 18.2 Å². The van der Waals surface area contributed by atoms with Crippen LogP contribution in [-0.2, 0) is 14.3 Å². The highest BCUT2D eigenvalue weighted by Gasteiger charge is 2.26. The van der Waals surface area contributed by atoms with Crippen LogP contribution in [0.4, 0.5) is 9.18 Å². The normalized spacial score (nSPS) is 12.2. The molecule has 0 bridgehead atoms. The first-order valence-electron chi connectivity index (χ1n) is 8.18. The highest BCUT2D eigenvalue weighted by Crippen LogP contribution is 2.18. The van der Waals surface area contributed by atoms with Crippen molar-refractivity contribution in [3.8, 4) is 0 Å². The molecule has 0 aliphatic rings. The first-order chi connectivity index (χ1) is 12.0. The highest BCUT2D eigenvalue weighted by molar-refractivity contribution is 6.31. The number of carbonyl (C=O) groups excluding carboxylic acids is 3. The van der Waals surface area contributed by atoms with E-state index in [1.165, 1.54) is 12.1 Å². The molecule has 1 rings (SSSR count). The van der Waals surface area contributed by atoms with E-state index >= 15 is 0 Å². The molecule has 6 nitrogen and oxygen atoms in total. The van der Waals surface area contributed by atoms with E-state index < -0.39 is 29.5 Å². The summed E-state index contributed by atoms with van der Waals surface area (Å²) in [5.41, 5.74) is -0.513. The molecule has 0 saturated carbocycles. The molecule has 1 aromatic rings. The number of nitrogens with one attached hydrogen (secondary N) is 1. The molecule has 0 spiro atoms. The van der Waals surface area contributed by atoms with E-state index in [4.69, 9.17) is 21.1 Å². The van der Waals surface area contributed by atoms with Crippen molar-refractivity contribution in [2.45, 2.75) is 52.2 Å². The Balaban J connectivity index is 2.75. The largest absolute Gasteiger partial charge is 0.464 e. The predicted molar refractivity (Wildman–Crippen MR) is 94.8 cm³/mol. The van der Waals surface area contributed by atoms with Crippen LogP contribution in [0.3, 0.4) is 0 Å². The molecule has 0 heterocycles. The third-order valence-corrected chi connectivity index (χ3v) is 3.45. The topological polar surface area (TPSA) is 81.7 Å². The van der Waals surface area contributed by atoms with Crippen molar-refractivity contribution >= 4 is 29.4 Å². The Bertz CT molecular complexity index is 672. The number of Topliss-reactive ketones (excluding diaryl/α,β-unsaturated/α-hetero) is 1. The minimum absolute atomic E-state index is 0.00586. The van der Waals surface area contributed by atoms with E-state index in [9.17, 15) is 18.8 Å². The van der Waals surface area contributed by atoms with Crippen LogP contribution < -0.4 is 5.32 Å². The zero-order valence-corrected chi connectivity index (χ0v) is 16.0. The first kappa shape index (κ1) is 21.9. The van der Waals surface area contributed by atoms with Crippen LogP contribution in [0.25, 0.3) is 0 Å². The second-order valence-electron chi connectivity index (χ2n) is 6.54. The maximum Gasteiger partial charge on any atom is 0.408 e. The van der Waals surface area contributed by atoms with E-state index in [-0.39, 0.29) is 35.8 Å². The van der Waals surface area contributed by atoms with E-state index in [2.05, 4.69) is 5.32 Å². The molecule has 0 aliphatic heterocycles. The molecule has 0 fully saturated rings. The van der Waals surface area contributed by atoms with Crippen LogP contribution in [0.2, 0.25) is 5.02 Å². The van der Waals surface area contributed by atoms with Gasteiger partial charge in [-0.2, -0.15) is 0 Å². The Labute approximate surface area is 157 Å². The number of carbonyl (C=O) groups is 3. The molecule has 1 N–H and O–H groups in total. The first-order valence-corrected chi connectivity index (χ1v) is 8.55. The second kappa shape index (κ2) is 9.52. The van der Waals surface area contributed by atoms with Gasteiger partial charge < -0.3 is 14.8 Å². The Morgan fingerprint density at radius 3 is 2.46 bits per heavy atom. The van der Waals surface area contributed by atoms with Gasteiger partial charge in [-0.05, 0) is 52.3 Å². The van der Waals surface area contributed by atoms with E-state index in [0.717, 1.165) is 6.07 Å². The Hall–Kier alpha value is -2.15. The number of benzene rings is 1. The lowest BCUT2D eigenvalue weighted by molar-refractivity contribution is -0.145. The number of alkyl carbamates (subject to hydrolysis) is 1. The van der Waals surface area contributed by atoms with Crippen molar-refractivity contribution in [1.29, 1.82) is 0 Å². The highest BCUT2D eigenvalue weighted by atomic mass is 35.5. The van der Waals surface area contributed by atoms with Crippen molar-refractivity contribution in [2.75, 3.05) is 6.61 Å². The lowest BCUT2D eigenvalue weighted by Crippen LogP contribution is -2.44. The molecule has 26 heavy (non-hydrogen) atoms. The van der Waals surface area contributed by atoms with Crippen molar-refractivity contribution < 1.29 is 28.2 Å². The molecule has 0 aliphatic carbocycles. The minimum Gasteiger partial charge on any atom is -0.464 e. The molecule has 0 aromatic heterocycles. The summed E-state index contributed by atoms with van der Waals surface area (Å²) in [6, 6.07) is 2.59. The fraction of sp³-hybridized carbons (Fsp3) is 0.500. The molecule has 8 heteroatoms. The van der Waals surface area contributed by atoms with Gasteiger partial charge in [0.25, 0.3) is 0 Å². The molecule has 0 saturated heterocycles. The number of ketones is 1. The SMILES string of the molecule is CCOC(=O)C(CCC(=O)c1ccc(F)c(Cl)c1)NC(=O)OC(C)(C)C. The van der Waals surface area contributed by atoms with Gasteiger partial charge in [0, 0.05) is 12.0 Å². The van der Waals surface area contributed by atoms with Gasteiger partial charge in [-0.25, -0.2) is 14.0 Å². The zero-order chi connectivity index (χ0) is 19.9. The lowest BCUT2D eigenvalue weighted by Gasteiger charge is -2.22. The van der Waals surface area contributed by atoms with Crippen LogP contribution in [-0.4, -0.2) is 36.1 Å². The summed E-state index contributed by atoms with van der Waals surface area (Å²) in [6.07, 6.45) is -0.847. The summed E-state index contributed by atoms with van der Waals surface area (Å²) in [4.78, 5) is 36.1. The van der Waals surface area contributed by atoms with E-state index in [0.29, 0.717) is 0 Å².